The number of ether oxygens (including phenoxy) is 1. The van der Waals surface area contributed by atoms with Gasteiger partial charge in [0.2, 0.25) is 5.91 Å². The maximum atomic E-state index is 14.5. The Hall–Kier alpha value is -3.97. The fourth-order valence-corrected chi connectivity index (χ4v) is 7.33. The smallest absolute Gasteiger partial charge is 0.319 e. The number of nitrogens with zero attached hydrogens (tertiary/aromatic N) is 7. The summed E-state index contributed by atoms with van der Waals surface area (Å²) >= 11 is 0. The van der Waals surface area contributed by atoms with Gasteiger partial charge in [-0.1, -0.05) is 24.8 Å². The molecule has 2 aromatic rings. The van der Waals surface area contributed by atoms with Crippen molar-refractivity contribution in [1.29, 1.82) is 5.26 Å². The van der Waals surface area contributed by atoms with Crippen molar-refractivity contribution < 1.29 is 14.3 Å². The Morgan fingerprint density at radius 3 is 2.81 bits per heavy atom. The predicted octanol–water partition coefficient (Wildman–Crippen LogP) is 2.87. The van der Waals surface area contributed by atoms with E-state index in [1.54, 1.807) is 4.90 Å². The van der Waals surface area contributed by atoms with Crippen molar-refractivity contribution in [1.82, 2.24) is 19.8 Å². The van der Waals surface area contributed by atoms with Crippen LogP contribution in [-0.4, -0.2) is 97.0 Å². The first-order chi connectivity index (χ1) is 20.3. The Balaban J connectivity index is 1.36. The first kappa shape index (κ1) is 28.2. The number of hydrogen-bond acceptors (Lipinski definition) is 9. The van der Waals surface area contributed by atoms with Gasteiger partial charge in [-0.05, 0) is 63.4 Å². The summed E-state index contributed by atoms with van der Waals surface area (Å²) in [4.78, 5) is 45.0. The highest BCUT2D eigenvalue weighted by molar-refractivity contribution is 6.03. The molecule has 220 valence electrons. The monoisotopic (exact) mass is 569 g/mol. The number of hydrogen-bond donors (Lipinski definition) is 0. The lowest BCUT2D eigenvalue weighted by Gasteiger charge is -2.45. The Kier molecular flexibility index (Phi) is 7.62. The molecule has 4 aliphatic rings. The van der Waals surface area contributed by atoms with Crippen molar-refractivity contribution in [3.8, 4) is 12.1 Å². The second kappa shape index (κ2) is 11.4. The maximum Gasteiger partial charge on any atom is 0.319 e. The minimum Gasteiger partial charge on any atom is -0.462 e. The summed E-state index contributed by atoms with van der Waals surface area (Å²) in [7, 11) is 4.16. The molecule has 1 aromatic heterocycles. The summed E-state index contributed by atoms with van der Waals surface area (Å²) in [5.41, 5.74) is 3.08. The first-order valence-corrected chi connectivity index (χ1v) is 15.0. The number of carbonyl (C=O) groups excluding carboxylic acids is 2. The van der Waals surface area contributed by atoms with E-state index in [2.05, 4.69) is 53.6 Å². The quantitative estimate of drug-likeness (QED) is 0.486. The van der Waals surface area contributed by atoms with E-state index in [4.69, 9.17) is 14.7 Å². The molecule has 3 atom stereocenters. The summed E-state index contributed by atoms with van der Waals surface area (Å²) in [6, 6.07) is 10.7. The Bertz CT molecular complexity index is 1440. The maximum absolute atomic E-state index is 14.5. The highest BCUT2D eigenvalue weighted by atomic mass is 16.5. The second-order valence-corrected chi connectivity index (χ2v) is 12.2. The molecule has 0 N–H and O–H groups in total. The zero-order chi connectivity index (χ0) is 29.4. The van der Waals surface area contributed by atoms with Crippen LogP contribution in [-0.2, 0) is 17.6 Å². The van der Waals surface area contributed by atoms with E-state index >= 15 is 0 Å². The van der Waals surface area contributed by atoms with Crippen LogP contribution in [0.3, 0.4) is 0 Å². The van der Waals surface area contributed by atoms with Crippen LogP contribution in [0.4, 0.5) is 11.5 Å². The zero-order valence-electron chi connectivity index (χ0n) is 24.6. The Morgan fingerprint density at radius 2 is 2.05 bits per heavy atom. The SMILES string of the molecule is C=CC(=O)N1CCN(c2nc(OC[C@@H]3CCCN3C)nc3c2CC[C@@]2(Cc4ccccc4N(C)C2)C3=O)C[C@@H]1CC#N. The number of likely N-dealkylation sites (tertiary alicyclic amines) is 1. The van der Waals surface area contributed by atoms with Crippen LogP contribution in [0, 0.1) is 16.7 Å². The molecule has 0 unspecified atom stereocenters. The number of likely N-dealkylation sites (N-methyl/N-ethyl adjacent to an activating group) is 1. The van der Waals surface area contributed by atoms with Crippen LogP contribution in [0.25, 0.3) is 0 Å². The van der Waals surface area contributed by atoms with Crippen molar-refractivity contribution in [2.24, 2.45) is 5.41 Å². The predicted molar refractivity (Wildman–Crippen MR) is 160 cm³/mol. The fraction of sp³-hybridized carbons (Fsp3) is 0.531. The third-order valence-corrected chi connectivity index (χ3v) is 9.63. The van der Waals surface area contributed by atoms with E-state index in [0.717, 1.165) is 24.9 Å². The van der Waals surface area contributed by atoms with Crippen LogP contribution in [0.5, 0.6) is 6.01 Å². The molecule has 0 bridgehead atoms. The summed E-state index contributed by atoms with van der Waals surface area (Å²) in [6.45, 7) is 7.19. The molecule has 10 nitrogen and oxygen atoms in total. The number of fused-ring (bicyclic) bond motifs is 2. The molecule has 2 fully saturated rings. The average molecular weight is 570 g/mol. The van der Waals surface area contributed by atoms with Gasteiger partial charge in [-0.2, -0.15) is 15.2 Å². The van der Waals surface area contributed by atoms with E-state index in [1.807, 2.05) is 12.1 Å². The van der Waals surface area contributed by atoms with E-state index in [9.17, 15) is 14.9 Å². The number of anilines is 2. The van der Waals surface area contributed by atoms with Gasteiger partial charge in [0.05, 0.1) is 23.9 Å². The number of benzene rings is 1. The van der Waals surface area contributed by atoms with Gasteiger partial charge in [0.15, 0.2) is 5.78 Å². The van der Waals surface area contributed by atoms with Gasteiger partial charge in [-0.3, -0.25) is 9.59 Å². The second-order valence-electron chi connectivity index (χ2n) is 12.2. The summed E-state index contributed by atoms with van der Waals surface area (Å²) in [5.74, 6) is 0.560. The largest absolute Gasteiger partial charge is 0.462 e. The molecule has 2 saturated heterocycles. The van der Waals surface area contributed by atoms with Gasteiger partial charge in [0.1, 0.15) is 18.1 Å². The van der Waals surface area contributed by atoms with Crippen molar-refractivity contribution in [2.75, 3.05) is 63.2 Å². The molecule has 6 rings (SSSR count). The van der Waals surface area contributed by atoms with Gasteiger partial charge in [-0.15, -0.1) is 0 Å². The molecular weight excluding hydrogens is 530 g/mol. The van der Waals surface area contributed by atoms with Gasteiger partial charge in [0.25, 0.3) is 0 Å². The van der Waals surface area contributed by atoms with Gasteiger partial charge >= 0.3 is 6.01 Å². The van der Waals surface area contributed by atoms with Crippen molar-refractivity contribution in [3.63, 3.8) is 0 Å². The topological polar surface area (TPSA) is 106 Å². The number of rotatable bonds is 6. The molecule has 3 aliphatic heterocycles. The van der Waals surface area contributed by atoms with E-state index in [1.165, 1.54) is 17.3 Å². The Labute approximate surface area is 247 Å². The number of Topliss-reactive ketones (excluding diaryl/α,β-unsaturated/α-hetero) is 1. The van der Waals surface area contributed by atoms with Crippen molar-refractivity contribution >= 4 is 23.2 Å². The summed E-state index contributed by atoms with van der Waals surface area (Å²) in [5, 5.41) is 9.52. The molecule has 42 heavy (non-hydrogen) atoms. The number of nitriles is 1. The highest BCUT2D eigenvalue weighted by Gasteiger charge is 2.48. The number of carbonyl (C=O) groups is 2. The van der Waals surface area contributed by atoms with Crippen LogP contribution < -0.4 is 14.5 Å². The molecule has 0 saturated carbocycles. The zero-order valence-corrected chi connectivity index (χ0v) is 24.6. The molecule has 10 heteroatoms. The summed E-state index contributed by atoms with van der Waals surface area (Å²) < 4.78 is 6.23. The third kappa shape index (κ3) is 5.00. The minimum atomic E-state index is -0.566. The number of amides is 1. The van der Waals surface area contributed by atoms with Gasteiger partial charge in [-0.25, -0.2) is 0 Å². The molecule has 1 aromatic carbocycles. The molecule has 0 radical (unpaired) electrons. The van der Waals surface area contributed by atoms with Crippen molar-refractivity contribution in [3.05, 3.63) is 53.7 Å². The minimum absolute atomic E-state index is 0.0469. The van der Waals surface area contributed by atoms with E-state index in [0.29, 0.717) is 63.6 Å². The van der Waals surface area contributed by atoms with Crippen LogP contribution in [0.2, 0.25) is 0 Å². The molecule has 4 heterocycles. The number of ketones is 1. The lowest BCUT2D eigenvalue weighted by molar-refractivity contribution is -0.128. The Morgan fingerprint density at radius 1 is 1.21 bits per heavy atom. The molecular formula is C32H39N7O3. The fourth-order valence-electron chi connectivity index (χ4n) is 7.33. The van der Waals surface area contributed by atoms with Gasteiger partial charge in [0, 0.05) is 50.5 Å². The molecule has 1 spiro atoms. The highest BCUT2D eigenvalue weighted by Crippen LogP contribution is 2.46. The number of aromatic nitrogens is 2. The van der Waals surface area contributed by atoms with Gasteiger partial charge < -0.3 is 24.3 Å². The average Bonchev–Trinajstić information content (AvgIpc) is 3.42. The summed E-state index contributed by atoms with van der Waals surface area (Å²) in [6.07, 6.45) is 5.75. The number of para-hydroxylation sites is 1. The molecule has 1 amide bonds. The first-order valence-electron chi connectivity index (χ1n) is 15.0. The standard InChI is InChI=1S/C32H39N7O3/c1-4-27(40)39-17-16-38(19-23(39)12-14-33)30-25-11-13-32(18-22-8-5-6-10-26(22)37(3)21-32)29(41)28(25)34-31(35-30)42-20-24-9-7-15-36(24)2/h4-6,8,10,23-24H,1,7,9,11-13,15-21H2,2-3H3/t23-,24-,32-/m0/s1. The third-order valence-electron chi connectivity index (χ3n) is 9.63. The lowest BCUT2D eigenvalue weighted by Crippen LogP contribution is -2.55. The van der Waals surface area contributed by atoms with E-state index < -0.39 is 5.41 Å². The molecule has 1 aliphatic carbocycles. The van der Waals surface area contributed by atoms with E-state index in [-0.39, 0.29) is 36.2 Å². The van der Waals surface area contributed by atoms with Crippen LogP contribution in [0.15, 0.2) is 36.9 Å². The number of piperazine rings is 1. The normalized spacial score (nSPS) is 25.6. The lowest BCUT2D eigenvalue weighted by atomic mass is 9.66. The van der Waals surface area contributed by atoms with Crippen LogP contribution in [0.1, 0.15) is 47.3 Å². The van der Waals surface area contributed by atoms with Crippen LogP contribution >= 0.6 is 0 Å². The van der Waals surface area contributed by atoms with Crippen molar-refractivity contribution in [2.45, 2.75) is 50.6 Å².